The highest BCUT2D eigenvalue weighted by atomic mass is 79.9. The van der Waals surface area contributed by atoms with Crippen molar-refractivity contribution in [1.82, 2.24) is 0 Å². The summed E-state index contributed by atoms with van der Waals surface area (Å²) in [6.07, 6.45) is 0. The number of benzene rings is 2. The maximum Gasteiger partial charge on any atom is 0.131 e. The molecule has 2 aromatic rings. The molecule has 0 spiro atoms. The summed E-state index contributed by atoms with van der Waals surface area (Å²) >= 11 is 3.36. The van der Waals surface area contributed by atoms with Gasteiger partial charge in [0.25, 0.3) is 0 Å². The predicted octanol–water partition coefficient (Wildman–Crippen LogP) is 4.18. The molecule has 4 heteroatoms. The molecule has 0 aliphatic rings. The van der Waals surface area contributed by atoms with E-state index in [1.165, 1.54) is 12.1 Å². The lowest BCUT2D eigenvalue weighted by atomic mass is 10.2. The van der Waals surface area contributed by atoms with Crippen LogP contribution < -0.4 is 4.74 Å². The molecule has 0 aromatic heterocycles. The van der Waals surface area contributed by atoms with E-state index < -0.39 is 5.82 Å². The minimum atomic E-state index is -0.427. The molecule has 0 aliphatic carbocycles. The third-order valence-electron chi connectivity index (χ3n) is 2.49. The standard InChI is InChI=1S/C14H12BrFO2/c1-9-2-3-11(15)6-14(9)18-13-5-10(8-17)4-12(16)7-13/h2-7,17H,8H2,1H3. The van der Waals surface area contributed by atoms with Gasteiger partial charge in [-0.25, -0.2) is 4.39 Å². The SMILES string of the molecule is Cc1ccc(Br)cc1Oc1cc(F)cc(CO)c1. The topological polar surface area (TPSA) is 29.5 Å². The van der Waals surface area contributed by atoms with Gasteiger partial charge in [0, 0.05) is 10.5 Å². The van der Waals surface area contributed by atoms with E-state index in [1.54, 1.807) is 6.07 Å². The van der Waals surface area contributed by atoms with E-state index in [2.05, 4.69) is 15.9 Å². The monoisotopic (exact) mass is 310 g/mol. The Labute approximate surface area is 113 Å². The Hall–Kier alpha value is -1.39. The smallest absolute Gasteiger partial charge is 0.131 e. The summed E-state index contributed by atoms with van der Waals surface area (Å²) in [4.78, 5) is 0. The molecule has 0 atom stereocenters. The molecular weight excluding hydrogens is 299 g/mol. The van der Waals surface area contributed by atoms with Crippen LogP contribution in [0.2, 0.25) is 0 Å². The summed E-state index contributed by atoms with van der Waals surface area (Å²) in [5.41, 5.74) is 1.44. The molecule has 0 radical (unpaired) electrons. The summed E-state index contributed by atoms with van der Waals surface area (Å²) in [5, 5.41) is 9.02. The number of rotatable bonds is 3. The van der Waals surface area contributed by atoms with Crippen LogP contribution in [0, 0.1) is 12.7 Å². The fourth-order valence-electron chi connectivity index (χ4n) is 1.58. The average Bonchev–Trinajstić information content (AvgIpc) is 2.33. The highest BCUT2D eigenvalue weighted by molar-refractivity contribution is 9.10. The maximum atomic E-state index is 13.3. The molecule has 0 bridgehead atoms. The molecule has 0 saturated carbocycles. The second-order valence-corrected chi connectivity index (χ2v) is 4.88. The van der Waals surface area contributed by atoms with Crippen molar-refractivity contribution in [1.29, 1.82) is 0 Å². The van der Waals surface area contributed by atoms with Crippen LogP contribution in [0.15, 0.2) is 40.9 Å². The Balaban J connectivity index is 2.33. The first-order chi connectivity index (χ1) is 8.58. The molecule has 0 saturated heterocycles. The largest absolute Gasteiger partial charge is 0.457 e. The van der Waals surface area contributed by atoms with Crippen LogP contribution in [0.5, 0.6) is 11.5 Å². The van der Waals surface area contributed by atoms with Gasteiger partial charge in [0.15, 0.2) is 0 Å². The number of aryl methyl sites for hydroxylation is 1. The maximum absolute atomic E-state index is 13.3. The van der Waals surface area contributed by atoms with E-state index in [0.29, 0.717) is 17.1 Å². The molecule has 1 N–H and O–H groups in total. The van der Waals surface area contributed by atoms with Crippen LogP contribution in [0.3, 0.4) is 0 Å². The molecule has 0 heterocycles. The molecule has 0 amide bonds. The van der Waals surface area contributed by atoms with Crippen molar-refractivity contribution in [2.75, 3.05) is 0 Å². The molecule has 0 aliphatic heterocycles. The number of halogens is 2. The second kappa shape index (κ2) is 5.50. The van der Waals surface area contributed by atoms with Crippen molar-refractivity contribution in [3.8, 4) is 11.5 Å². The highest BCUT2D eigenvalue weighted by Crippen LogP contribution is 2.29. The van der Waals surface area contributed by atoms with Gasteiger partial charge in [-0.15, -0.1) is 0 Å². The van der Waals surface area contributed by atoms with Crippen molar-refractivity contribution in [2.24, 2.45) is 0 Å². The zero-order valence-electron chi connectivity index (χ0n) is 9.78. The number of ether oxygens (including phenoxy) is 1. The second-order valence-electron chi connectivity index (χ2n) is 3.97. The van der Waals surface area contributed by atoms with Gasteiger partial charge in [-0.05, 0) is 42.3 Å². The van der Waals surface area contributed by atoms with Crippen molar-refractivity contribution < 1.29 is 14.2 Å². The van der Waals surface area contributed by atoms with E-state index in [-0.39, 0.29) is 6.61 Å². The molecule has 2 aromatic carbocycles. The van der Waals surface area contributed by atoms with Gasteiger partial charge in [-0.1, -0.05) is 22.0 Å². The molecule has 0 fully saturated rings. The number of hydrogen-bond acceptors (Lipinski definition) is 2. The molecule has 2 nitrogen and oxygen atoms in total. The van der Waals surface area contributed by atoms with Gasteiger partial charge in [-0.3, -0.25) is 0 Å². The molecule has 2 rings (SSSR count). The van der Waals surface area contributed by atoms with Crippen LogP contribution in [0.1, 0.15) is 11.1 Å². The Kier molecular flexibility index (Phi) is 3.99. The van der Waals surface area contributed by atoms with Crippen LogP contribution in [0.4, 0.5) is 4.39 Å². The number of hydrogen-bond donors (Lipinski definition) is 1. The summed E-state index contributed by atoms with van der Waals surface area (Å²) in [6, 6.07) is 9.82. The van der Waals surface area contributed by atoms with E-state index >= 15 is 0 Å². The Morgan fingerprint density at radius 2 is 2.00 bits per heavy atom. The normalized spacial score (nSPS) is 10.4. The van der Waals surface area contributed by atoms with Gasteiger partial charge in [-0.2, -0.15) is 0 Å². The number of aliphatic hydroxyl groups excluding tert-OH is 1. The lowest BCUT2D eigenvalue weighted by molar-refractivity contribution is 0.280. The summed E-state index contributed by atoms with van der Waals surface area (Å²) in [7, 11) is 0. The molecule has 94 valence electrons. The Morgan fingerprint density at radius 3 is 2.72 bits per heavy atom. The number of aliphatic hydroxyl groups is 1. The summed E-state index contributed by atoms with van der Waals surface area (Å²) < 4.78 is 19.8. The van der Waals surface area contributed by atoms with Gasteiger partial charge < -0.3 is 9.84 Å². The average molecular weight is 311 g/mol. The van der Waals surface area contributed by atoms with Crippen LogP contribution in [-0.2, 0) is 6.61 Å². The Bertz CT molecular complexity index is 570. The van der Waals surface area contributed by atoms with E-state index in [4.69, 9.17) is 9.84 Å². The first-order valence-electron chi connectivity index (χ1n) is 5.43. The fourth-order valence-corrected chi connectivity index (χ4v) is 1.92. The summed E-state index contributed by atoms with van der Waals surface area (Å²) in [6.45, 7) is 1.69. The van der Waals surface area contributed by atoms with Crippen LogP contribution in [0.25, 0.3) is 0 Å². The van der Waals surface area contributed by atoms with Gasteiger partial charge in [0.05, 0.1) is 6.61 Å². The van der Waals surface area contributed by atoms with Crippen molar-refractivity contribution in [2.45, 2.75) is 13.5 Å². The lowest BCUT2D eigenvalue weighted by Gasteiger charge is -2.10. The van der Waals surface area contributed by atoms with Crippen molar-refractivity contribution in [3.05, 3.63) is 57.8 Å². The van der Waals surface area contributed by atoms with E-state index in [0.717, 1.165) is 10.0 Å². The fraction of sp³-hybridized carbons (Fsp3) is 0.143. The van der Waals surface area contributed by atoms with E-state index in [9.17, 15) is 4.39 Å². The van der Waals surface area contributed by atoms with Crippen molar-refractivity contribution in [3.63, 3.8) is 0 Å². The molecule has 18 heavy (non-hydrogen) atoms. The third kappa shape index (κ3) is 3.09. The van der Waals surface area contributed by atoms with Crippen molar-refractivity contribution >= 4 is 15.9 Å². The minimum absolute atomic E-state index is 0.217. The van der Waals surface area contributed by atoms with Gasteiger partial charge in [0.1, 0.15) is 17.3 Å². The molecular formula is C14H12BrFO2. The first kappa shape index (κ1) is 13.1. The zero-order valence-corrected chi connectivity index (χ0v) is 11.4. The van der Waals surface area contributed by atoms with E-state index in [1.807, 2.05) is 25.1 Å². The quantitative estimate of drug-likeness (QED) is 0.921. The predicted molar refractivity (Wildman–Crippen MR) is 71.3 cm³/mol. The van der Waals surface area contributed by atoms with Crippen LogP contribution in [-0.4, -0.2) is 5.11 Å². The lowest BCUT2D eigenvalue weighted by Crippen LogP contribution is -1.91. The highest BCUT2D eigenvalue weighted by Gasteiger charge is 2.05. The molecule has 0 unspecified atom stereocenters. The van der Waals surface area contributed by atoms with Gasteiger partial charge >= 0.3 is 0 Å². The van der Waals surface area contributed by atoms with Gasteiger partial charge in [0.2, 0.25) is 0 Å². The Morgan fingerprint density at radius 1 is 1.22 bits per heavy atom. The minimum Gasteiger partial charge on any atom is -0.457 e. The van der Waals surface area contributed by atoms with Crippen LogP contribution >= 0.6 is 15.9 Å². The third-order valence-corrected chi connectivity index (χ3v) is 2.98. The first-order valence-corrected chi connectivity index (χ1v) is 6.22. The summed E-state index contributed by atoms with van der Waals surface area (Å²) in [5.74, 6) is 0.600. The zero-order chi connectivity index (χ0) is 13.1.